The van der Waals surface area contributed by atoms with Crippen molar-refractivity contribution in [2.75, 3.05) is 0 Å². The molecule has 3 aromatic rings. The first-order valence-electron chi connectivity index (χ1n) is 7.74. The van der Waals surface area contributed by atoms with E-state index in [0.717, 1.165) is 11.3 Å². The largest absolute Gasteiger partial charge is 0.457 e. The van der Waals surface area contributed by atoms with Crippen molar-refractivity contribution in [3.8, 4) is 17.6 Å². The van der Waals surface area contributed by atoms with Crippen molar-refractivity contribution in [3.05, 3.63) is 95.6 Å². The van der Waals surface area contributed by atoms with Crippen molar-refractivity contribution in [2.24, 2.45) is 0 Å². The van der Waals surface area contributed by atoms with Crippen molar-refractivity contribution >= 4 is 5.97 Å². The highest BCUT2D eigenvalue weighted by molar-refractivity contribution is 5.89. The fourth-order valence-corrected chi connectivity index (χ4v) is 2.24. The Balaban J connectivity index is 1.62. The smallest absolute Gasteiger partial charge is 0.338 e. The number of carbonyl (C=O) groups excluding carboxylic acids is 1. The first kappa shape index (κ1) is 16.3. The van der Waals surface area contributed by atoms with Crippen LogP contribution in [0, 0.1) is 11.3 Å². The van der Waals surface area contributed by atoms with Crippen molar-refractivity contribution in [2.45, 2.75) is 6.61 Å². The summed E-state index contributed by atoms with van der Waals surface area (Å²) in [6.07, 6.45) is 0. The second-order valence-electron chi connectivity index (χ2n) is 5.33. The van der Waals surface area contributed by atoms with Crippen LogP contribution < -0.4 is 4.74 Å². The zero-order valence-corrected chi connectivity index (χ0v) is 13.4. The maximum Gasteiger partial charge on any atom is 0.338 e. The number of hydrogen-bond donors (Lipinski definition) is 0. The van der Waals surface area contributed by atoms with Gasteiger partial charge in [-0.05, 0) is 54.1 Å². The lowest BCUT2D eigenvalue weighted by molar-refractivity contribution is 0.0472. The van der Waals surface area contributed by atoms with E-state index < -0.39 is 5.97 Å². The highest BCUT2D eigenvalue weighted by Crippen LogP contribution is 2.22. The van der Waals surface area contributed by atoms with E-state index in [1.54, 1.807) is 24.3 Å². The molecule has 0 spiro atoms. The standard InChI is InChI=1S/C21H15NO3/c22-14-16-9-11-18(12-10-16)21(23)24-15-17-5-4-8-20(13-17)25-19-6-2-1-3-7-19/h1-13H,15H2. The monoisotopic (exact) mass is 329 g/mol. The molecule has 0 heterocycles. The highest BCUT2D eigenvalue weighted by Gasteiger charge is 2.08. The van der Waals surface area contributed by atoms with Gasteiger partial charge in [-0.2, -0.15) is 5.26 Å². The van der Waals surface area contributed by atoms with Crippen molar-refractivity contribution in [3.63, 3.8) is 0 Å². The van der Waals surface area contributed by atoms with Crippen LogP contribution in [-0.2, 0) is 11.3 Å². The second-order valence-corrected chi connectivity index (χ2v) is 5.33. The summed E-state index contributed by atoms with van der Waals surface area (Å²) in [5, 5.41) is 8.77. The van der Waals surface area contributed by atoms with Gasteiger partial charge in [0.15, 0.2) is 0 Å². The Morgan fingerprint density at radius 1 is 0.880 bits per heavy atom. The summed E-state index contributed by atoms with van der Waals surface area (Å²) in [5.41, 5.74) is 1.74. The maximum absolute atomic E-state index is 12.1. The Bertz CT molecular complexity index is 896. The number of benzene rings is 3. The third kappa shape index (κ3) is 4.46. The number of ether oxygens (including phenoxy) is 2. The van der Waals surface area contributed by atoms with Gasteiger partial charge < -0.3 is 9.47 Å². The first-order chi connectivity index (χ1) is 12.2. The molecule has 0 aliphatic heterocycles. The lowest BCUT2D eigenvalue weighted by Crippen LogP contribution is -2.05. The molecule has 0 amide bonds. The minimum absolute atomic E-state index is 0.144. The summed E-state index contributed by atoms with van der Waals surface area (Å²) in [6, 6.07) is 25.2. The number of para-hydroxylation sites is 1. The van der Waals surface area contributed by atoms with Crippen LogP contribution >= 0.6 is 0 Å². The number of nitrogens with zero attached hydrogens (tertiary/aromatic N) is 1. The van der Waals surface area contributed by atoms with Crippen LogP contribution in [0.3, 0.4) is 0 Å². The molecule has 0 saturated carbocycles. The SMILES string of the molecule is N#Cc1ccc(C(=O)OCc2cccc(Oc3ccccc3)c2)cc1. The summed E-state index contributed by atoms with van der Waals surface area (Å²) in [5.74, 6) is 0.992. The Labute approximate surface area is 145 Å². The number of hydrogen-bond acceptors (Lipinski definition) is 4. The van der Waals surface area contributed by atoms with E-state index in [-0.39, 0.29) is 6.61 Å². The molecule has 3 rings (SSSR count). The van der Waals surface area contributed by atoms with Crippen molar-refractivity contribution in [1.29, 1.82) is 5.26 Å². The third-order valence-corrected chi connectivity index (χ3v) is 3.50. The summed E-state index contributed by atoms with van der Waals surface area (Å²) in [6.45, 7) is 0.144. The van der Waals surface area contributed by atoms with Gasteiger partial charge in [-0.1, -0.05) is 30.3 Å². The van der Waals surface area contributed by atoms with Gasteiger partial charge in [-0.15, -0.1) is 0 Å². The average Bonchev–Trinajstić information content (AvgIpc) is 2.67. The molecule has 4 heteroatoms. The van der Waals surface area contributed by atoms with Gasteiger partial charge in [0.2, 0.25) is 0 Å². The molecule has 0 radical (unpaired) electrons. The van der Waals surface area contributed by atoms with Crippen LogP contribution in [0.1, 0.15) is 21.5 Å². The summed E-state index contributed by atoms with van der Waals surface area (Å²) >= 11 is 0. The quantitative estimate of drug-likeness (QED) is 0.636. The van der Waals surface area contributed by atoms with Gasteiger partial charge >= 0.3 is 5.97 Å². The molecule has 0 aliphatic carbocycles. The molecule has 0 atom stereocenters. The van der Waals surface area contributed by atoms with Crippen LogP contribution in [0.25, 0.3) is 0 Å². The maximum atomic E-state index is 12.1. The fourth-order valence-electron chi connectivity index (χ4n) is 2.24. The van der Waals surface area contributed by atoms with Crippen LogP contribution in [0.2, 0.25) is 0 Å². The average molecular weight is 329 g/mol. The molecule has 0 unspecified atom stereocenters. The van der Waals surface area contributed by atoms with Gasteiger partial charge in [0.05, 0.1) is 17.2 Å². The molecule has 25 heavy (non-hydrogen) atoms. The molecular formula is C21H15NO3. The Morgan fingerprint density at radius 3 is 2.32 bits per heavy atom. The topological polar surface area (TPSA) is 59.3 Å². The van der Waals surface area contributed by atoms with Crippen molar-refractivity contribution < 1.29 is 14.3 Å². The molecule has 122 valence electrons. The highest BCUT2D eigenvalue weighted by atomic mass is 16.5. The third-order valence-electron chi connectivity index (χ3n) is 3.50. The number of nitriles is 1. The van der Waals surface area contributed by atoms with Crippen LogP contribution in [0.5, 0.6) is 11.5 Å². The van der Waals surface area contributed by atoms with E-state index in [1.807, 2.05) is 60.7 Å². The number of rotatable bonds is 5. The van der Waals surface area contributed by atoms with Gasteiger partial charge in [0, 0.05) is 0 Å². The predicted octanol–water partition coefficient (Wildman–Crippen LogP) is 4.71. The van der Waals surface area contributed by atoms with Crippen LogP contribution in [-0.4, -0.2) is 5.97 Å². The van der Waals surface area contributed by atoms with Gasteiger partial charge in [0.25, 0.3) is 0 Å². The number of carbonyl (C=O) groups is 1. The predicted molar refractivity (Wildman–Crippen MR) is 93.2 cm³/mol. The normalized spacial score (nSPS) is 9.88. The summed E-state index contributed by atoms with van der Waals surface area (Å²) in [4.78, 5) is 12.1. The zero-order chi connectivity index (χ0) is 17.5. The lowest BCUT2D eigenvalue weighted by atomic mass is 10.1. The van der Waals surface area contributed by atoms with Gasteiger partial charge in [0.1, 0.15) is 18.1 Å². The minimum atomic E-state index is -0.432. The minimum Gasteiger partial charge on any atom is -0.457 e. The number of esters is 1. The summed E-state index contributed by atoms with van der Waals surface area (Å²) in [7, 11) is 0. The van der Waals surface area contributed by atoms with E-state index in [0.29, 0.717) is 16.9 Å². The van der Waals surface area contributed by atoms with E-state index >= 15 is 0 Å². The molecule has 0 aliphatic rings. The second kappa shape index (κ2) is 7.80. The Morgan fingerprint density at radius 2 is 1.60 bits per heavy atom. The molecule has 0 saturated heterocycles. The van der Waals surface area contributed by atoms with E-state index in [9.17, 15) is 4.79 Å². The lowest BCUT2D eigenvalue weighted by Gasteiger charge is -2.08. The summed E-state index contributed by atoms with van der Waals surface area (Å²) < 4.78 is 11.1. The Hall–Kier alpha value is -3.58. The molecular weight excluding hydrogens is 314 g/mol. The van der Waals surface area contributed by atoms with Gasteiger partial charge in [-0.25, -0.2) is 4.79 Å². The van der Waals surface area contributed by atoms with Crippen molar-refractivity contribution in [1.82, 2.24) is 0 Å². The fraction of sp³-hybridized carbons (Fsp3) is 0.0476. The van der Waals surface area contributed by atoms with E-state index in [1.165, 1.54) is 0 Å². The van der Waals surface area contributed by atoms with E-state index in [2.05, 4.69) is 0 Å². The van der Waals surface area contributed by atoms with Crippen LogP contribution in [0.4, 0.5) is 0 Å². The molecule has 0 bridgehead atoms. The Kier molecular flexibility index (Phi) is 5.08. The van der Waals surface area contributed by atoms with Gasteiger partial charge in [-0.3, -0.25) is 0 Å². The van der Waals surface area contributed by atoms with E-state index in [4.69, 9.17) is 14.7 Å². The zero-order valence-electron chi connectivity index (χ0n) is 13.4. The van der Waals surface area contributed by atoms with Crippen LogP contribution in [0.15, 0.2) is 78.9 Å². The molecule has 4 nitrogen and oxygen atoms in total. The molecule has 0 fully saturated rings. The molecule has 3 aromatic carbocycles. The molecule has 0 aromatic heterocycles. The molecule has 0 N–H and O–H groups in total. The first-order valence-corrected chi connectivity index (χ1v) is 7.74.